The van der Waals surface area contributed by atoms with Crippen LogP contribution in [0.5, 0.6) is 5.75 Å². The van der Waals surface area contributed by atoms with Crippen molar-refractivity contribution in [2.45, 2.75) is 20.0 Å². The largest absolute Gasteiger partial charge is 0.492 e. The number of thiocarbonyl (C=S) groups is 1. The molecule has 23 heavy (non-hydrogen) atoms. The smallest absolute Gasteiger partial charge is 0.479 e. The number of rotatable bonds is 4. The fourth-order valence-electron chi connectivity index (χ4n) is 2.03. The molecule has 2 rings (SSSR count). The van der Waals surface area contributed by atoms with Gasteiger partial charge < -0.3 is 4.74 Å². The monoisotopic (exact) mass is 385 g/mol. The van der Waals surface area contributed by atoms with Gasteiger partial charge in [0.1, 0.15) is 11.4 Å². The number of amidine groups is 1. The summed E-state index contributed by atoms with van der Waals surface area (Å²) in [5.41, 5.74) is 0.0731. The van der Waals surface area contributed by atoms with Gasteiger partial charge in [-0.1, -0.05) is 37.0 Å². The molecule has 0 radical (unpaired) electrons. The van der Waals surface area contributed by atoms with Gasteiger partial charge >= 0.3 is 17.1 Å². The lowest BCUT2D eigenvalue weighted by Gasteiger charge is -2.32. The summed E-state index contributed by atoms with van der Waals surface area (Å²) < 4.78 is 45.7. The molecule has 0 aliphatic carbocycles. The highest BCUT2D eigenvalue weighted by Crippen LogP contribution is 2.40. The Bertz CT molecular complexity index is 689. The number of halogens is 5. The minimum Gasteiger partial charge on any atom is -0.492 e. The van der Waals surface area contributed by atoms with Crippen LogP contribution in [-0.4, -0.2) is 35.4 Å². The summed E-state index contributed by atoms with van der Waals surface area (Å²) >= 11 is 17.2. The van der Waals surface area contributed by atoms with E-state index in [1.807, 2.05) is 13.8 Å². The number of ether oxygens (including phenoxy) is 1. The fraction of sp³-hybridized carbons (Fsp3) is 0.429. The van der Waals surface area contributed by atoms with Crippen LogP contribution in [0.15, 0.2) is 12.1 Å². The standard InChI is InChI=1S/C14H14Cl2F3N2OS/c1-7(2)6-22-11-5-8(15)10(4-9(11)16)21-12(14(17,18)19)20(3)13(21)23/h4-5,7H,6H2,1-3H3/q+1. The molecule has 0 saturated carbocycles. The average molecular weight is 386 g/mol. The van der Waals surface area contributed by atoms with Crippen LogP contribution in [0.4, 0.5) is 18.9 Å². The van der Waals surface area contributed by atoms with Crippen molar-refractivity contribution in [2.75, 3.05) is 18.6 Å². The van der Waals surface area contributed by atoms with Crippen molar-refractivity contribution in [1.82, 2.24) is 0 Å². The normalized spacial score (nSPS) is 15.3. The summed E-state index contributed by atoms with van der Waals surface area (Å²) in [5, 5.41) is 0.237. The number of anilines is 1. The van der Waals surface area contributed by atoms with Gasteiger partial charge in [0, 0.05) is 12.1 Å². The van der Waals surface area contributed by atoms with Crippen LogP contribution in [0.25, 0.3) is 0 Å². The maximum absolute atomic E-state index is 13.1. The number of alkyl halides is 3. The second-order valence-corrected chi connectivity index (χ2v) is 6.62. The molecule has 0 aromatic heterocycles. The van der Waals surface area contributed by atoms with Gasteiger partial charge in [-0.15, -0.1) is 0 Å². The van der Waals surface area contributed by atoms with Gasteiger partial charge in [-0.05, 0) is 18.1 Å². The molecule has 0 atom stereocenters. The molecule has 0 spiro atoms. The van der Waals surface area contributed by atoms with E-state index in [1.54, 1.807) is 0 Å². The molecule has 126 valence electrons. The van der Waals surface area contributed by atoms with Crippen LogP contribution in [0.2, 0.25) is 10.0 Å². The van der Waals surface area contributed by atoms with Gasteiger partial charge in [0.05, 0.1) is 23.7 Å². The third-order valence-electron chi connectivity index (χ3n) is 3.08. The Hall–Kier alpha value is -1.05. The van der Waals surface area contributed by atoms with E-state index in [4.69, 9.17) is 40.2 Å². The van der Waals surface area contributed by atoms with Gasteiger partial charge in [-0.25, -0.2) is 4.58 Å². The Morgan fingerprint density at radius 1 is 1.26 bits per heavy atom. The lowest BCUT2D eigenvalue weighted by Crippen LogP contribution is -2.62. The van der Waals surface area contributed by atoms with E-state index in [9.17, 15) is 13.2 Å². The van der Waals surface area contributed by atoms with Crippen LogP contribution in [-0.2, 0) is 0 Å². The van der Waals surface area contributed by atoms with E-state index in [-0.39, 0.29) is 26.8 Å². The van der Waals surface area contributed by atoms with Gasteiger partial charge in [0.2, 0.25) is 0 Å². The van der Waals surface area contributed by atoms with Crippen molar-refractivity contribution in [3.05, 3.63) is 22.2 Å². The molecule has 1 aliphatic heterocycles. The molecular formula is C14H14Cl2F3N2OS+. The van der Waals surface area contributed by atoms with Crippen LogP contribution >= 0.6 is 35.4 Å². The summed E-state index contributed by atoms with van der Waals surface area (Å²) in [6.45, 7) is 4.34. The third-order valence-corrected chi connectivity index (χ3v) is 4.13. The molecule has 9 heteroatoms. The minimum absolute atomic E-state index is 0.00820. The van der Waals surface area contributed by atoms with Crippen LogP contribution in [0, 0.1) is 5.92 Å². The summed E-state index contributed by atoms with van der Waals surface area (Å²) in [6.07, 6.45) is -4.56. The Morgan fingerprint density at radius 2 is 1.87 bits per heavy atom. The highest BCUT2D eigenvalue weighted by molar-refractivity contribution is 7.80. The van der Waals surface area contributed by atoms with Gasteiger partial charge in [-0.2, -0.15) is 18.1 Å². The molecule has 0 N–H and O–H groups in total. The Kier molecular flexibility index (Phi) is 5.13. The molecule has 1 aromatic rings. The maximum Gasteiger partial charge on any atom is 0.479 e. The SMILES string of the molecule is CC(C)COc1cc(Cl)c(N2C(=S)[N+](C)=C2C(F)(F)F)cc1Cl. The number of hydrogen-bond acceptors (Lipinski definition) is 2. The topological polar surface area (TPSA) is 15.5 Å². The van der Waals surface area contributed by atoms with E-state index in [1.165, 1.54) is 19.2 Å². The Labute approximate surface area is 147 Å². The predicted octanol–water partition coefficient (Wildman–Crippen LogP) is 4.74. The van der Waals surface area contributed by atoms with Crippen molar-refractivity contribution in [3.8, 4) is 5.75 Å². The number of benzene rings is 1. The molecule has 0 amide bonds. The average Bonchev–Trinajstić information content (AvgIpc) is 2.43. The first-order valence-electron chi connectivity index (χ1n) is 6.67. The first kappa shape index (κ1) is 18.3. The molecule has 1 heterocycles. The maximum atomic E-state index is 13.1. The molecule has 0 bridgehead atoms. The van der Waals surface area contributed by atoms with Gasteiger partial charge in [0.25, 0.3) is 0 Å². The fourth-order valence-corrected chi connectivity index (χ4v) is 2.75. The van der Waals surface area contributed by atoms with Crippen molar-refractivity contribution in [3.63, 3.8) is 0 Å². The molecule has 1 aliphatic rings. The molecule has 3 nitrogen and oxygen atoms in total. The molecule has 1 aromatic carbocycles. The van der Waals surface area contributed by atoms with Crippen molar-refractivity contribution >= 4 is 52.1 Å². The molecule has 0 unspecified atom stereocenters. The Morgan fingerprint density at radius 3 is 2.39 bits per heavy atom. The zero-order valence-electron chi connectivity index (χ0n) is 12.5. The zero-order valence-corrected chi connectivity index (χ0v) is 14.9. The quantitative estimate of drug-likeness (QED) is 0.549. The van der Waals surface area contributed by atoms with Crippen molar-refractivity contribution in [1.29, 1.82) is 0 Å². The molecule has 0 saturated heterocycles. The third kappa shape index (κ3) is 3.56. The number of nitrogens with zero attached hydrogens (tertiary/aromatic N) is 2. The summed E-state index contributed by atoms with van der Waals surface area (Å²) in [5.74, 6) is -0.315. The second kappa shape index (κ2) is 6.45. The summed E-state index contributed by atoms with van der Waals surface area (Å²) in [7, 11) is 1.25. The van der Waals surface area contributed by atoms with Crippen LogP contribution in [0.1, 0.15) is 13.8 Å². The predicted molar refractivity (Wildman–Crippen MR) is 89.1 cm³/mol. The van der Waals surface area contributed by atoms with E-state index in [0.29, 0.717) is 12.4 Å². The lowest BCUT2D eigenvalue weighted by atomic mass is 10.2. The van der Waals surface area contributed by atoms with Crippen LogP contribution in [0.3, 0.4) is 0 Å². The van der Waals surface area contributed by atoms with Gasteiger partial charge in [-0.3, -0.25) is 0 Å². The molecule has 0 fully saturated rings. The van der Waals surface area contributed by atoms with E-state index in [0.717, 1.165) is 9.48 Å². The van der Waals surface area contributed by atoms with E-state index in [2.05, 4.69) is 0 Å². The lowest BCUT2D eigenvalue weighted by molar-refractivity contribution is -0.400. The summed E-state index contributed by atoms with van der Waals surface area (Å²) in [6, 6.07) is 2.72. The van der Waals surface area contributed by atoms with E-state index < -0.39 is 12.0 Å². The highest BCUT2D eigenvalue weighted by atomic mass is 35.5. The van der Waals surface area contributed by atoms with Crippen molar-refractivity contribution < 1.29 is 22.5 Å². The number of hydrogen-bond donors (Lipinski definition) is 0. The Balaban J connectivity index is 2.39. The second-order valence-electron chi connectivity index (χ2n) is 5.44. The van der Waals surface area contributed by atoms with Crippen LogP contribution < -0.4 is 9.64 Å². The first-order chi connectivity index (χ1) is 10.5. The van der Waals surface area contributed by atoms with E-state index >= 15 is 0 Å². The molecular weight excluding hydrogens is 372 g/mol. The van der Waals surface area contributed by atoms with Gasteiger partial charge in [0.15, 0.2) is 0 Å². The first-order valence-corrected chi connectivity index (χ1v) is 7.84. The minimum atomic E-state index is -4.56. The van der Waals surface area contributed by atoms with Crippen molar-refractivity contribution in [2.24, 2.45) is 5.92 Å². The highest BCUT2D eigenvalue weighted by Gasteiger charge is 2.55. The zero-order chi connectivity index (χ0) is 17.5. The summed E-state index contributed by atoms with van der Waals surface area (Å²) in [4.78, 5) is 0.857.